The summed E-state index contributed by atoms with van der Waals surface area (Å²) < 4.78 is 11.1. The van der Waals surface area contributed by atoms with E-state index in [1.54, 1.807) is 0 Å². The number of carbonyl (C=O) groups is 1. The van der Waals surface area contributed by atoms with Crippen molar-refractivity contribution in [2.45, 2.75) is 96.9 Å². The maximum atomic E-state index is 11.9. The molecule has 2 unspecified atom stereocenters. The Balaban J connectivity index is 1.41. The second-order valence-electron chi connectivity index (χ2n) is 10.6. The minimum absolute atomic E-state index is 0.00791. The van der Waals surface area contributed by atoms with E-state index in [-0.39, 0.29) is 36.3 Å². The summed E-state index contributed by atoms with van der Waals surface area (Å²) in [6.07, 6.45) is 8.21. The maximum Gasteiger partial charge on any atom is 0.344 e. The molecule has 0 bridgehead atoms. The lowest BCUT2D eigenvalue weighted by molar-refractivity contribution is -0.149. The number of hydrogen-bond donors (Lipinski definition) is 2. The van der Waals surface area contributed by atoms with Gasteiger partial charge in [-0.15, -0.1) is 0 Å². The van der Waals surface area contributed by atoms with Gasteiger partial charge in [0.25, 0.3) is 0 Å². The van der Waals surface area contributed by atoms with Crippen molar-refractivity contribution in [2.75, 3.05) is 6.61 Å². The van der Waals surface area contributed by atoms with Crippen molar-refractivity contribution in [3.63, 3.8) is 0 Å². The van der Waals surface area contributed by atoms with Gasteiger partial charge < -0.3 is 19.7 Å². The van der Waals surface area contributed by atoms with E-state index in [9.17, 15) is 15.0 Å². The van der Waals surface area contributed by atoms with Crippen LogP contribution in [0.15, 0.2) is 18.2 Å². The van der Waals surface area contributed by atoms with Crippen molar-refractivity contribution in [2.24, 2.45) is 23.2 Å². The minimum Gasteiger partial charge on any atom is -0.482 e. The van der Waals surface area contributed by atoms with Gasteiger partial charge in [0.15, 0.2) is 6.61 Å². The first kappa shape index (κ1) is 23.6. The van der Waals surface area contributed by atoms with Gasteiger partial charge in [0, 0.05) is 5.41 Å². The molecule has 3 aliphatic carbocycles. The number of unbranched alkanes of at least 4 members (excludes halogenated alkanes) is 2. The highest BCUT2D eigenvalue weighted by Gasteiger charge is 2.68. The monoisotopic (exact) mass is 444 g/mol. The lowest BCUT2D eigenvalue weighted by Gasteiger charge is -2.33. The summed E-state index contributed by atoms with van der Waals surface area (Å²) in [5.41, 5.74) is 2.46. The summed E-state index contributed by atoms with van der Waals surface area (Å²) in [5.74, 6) is 1.78. The Morgan fingerprint density at radius 1 is 1.25 bits per heavy atom. The smallest absolute Gasteiger partial charge is 0.344 e. The first-order chi connectivity index (χ1) is 15.3. The zero-order valence-corrected chi connectivity index (χ0v) is 19.9. The van der Waals surface area contributed by atoms with Gasteiger partial charge in [-0.25, -0.2) is 4.79 Å². The summed E-state index contributed by atoms with van der Waals surface area (Å²) in [7, 11) is 0. The average Bonchev–Trinajstić information content (AvgIpc) is 3.38. The lowest BCUT2D eigenvalue weighted by atomic mass is 9.72. The van der Waals surface area contributed by atoms with Crippen molar-refractivity contribution in [1.29, 1.82) is 0 Å². The summed E-state index contributed by atoms with van der Waals surface area (Å²) in [6, 6.07) is 6.11. The van der Waals surface area contributed by atoms with Gasteiger partial charge in [0.2, 0.25) is 0 Å². The topological polar surface area (TPSA) is 76.0 Å². The Labute approximate surface area is 192 Å². The molecule has 2 saturated carbocycles. The summed E-state index contributed by atoms with van der Waals surface area (Å²) in [5, 5.41) is 21.6. The summed E-state index contributed by atoms with van der Waals surface area (Å²) in [6.45, 7) is 5.78. The van der Waals surface area contributed by atoms with E-state index in [0.717, 1.165) is 50.7 Å². The van der Waals surface area contributed by atoms with Gasteiger partial charge in [0.1, 0.15) is 5.75 Å². The third-order valence-electron chi connectivity index (χ3n) is 8.15. The third kappa shape index (κ3) is 4.70. The van der Waals surface area contributed by atoms with Crippen LogP contribution in [0.1, 0.15) is 76.8 Å². The van der Waals surface area contributed by atoms with Crippen molar-refractivity contribution in [3.8, 4) is 5.75 Å². The number of esters is 1. The molecule has 0 aromatic heterocycles. The van der Waals surface area contributed by atoms with Gasteiger partial charge in [-0.2, -0.15) is 0 Å². The van der Waals surface area contributed by atoms with Gasteiger partial charge in [0.05, 0.1) is 18.3 Å². The molecule has 5 heteroatoms. The zero-order chi connectivity index (χ0) is 22.9. The molecule has 178 valence electrons. The third-order valence-corrected chi connectivity index (χ3v) is 8.15. The van der Waals surface area contributed by atoms with E-state index in [1.807, 2.05) is 26.0 Å². The Morgan fingerprint density at radius 3 is 2.81 bits per heavy atom. The Morgan fingerprint density at radius 2 is 2.06 bits per heavy atom. The van der Waals surface area contributed by atoms with Crippen molar-refractivity contribution in [3.05, 3.63) is 29.3 Å². The van der Waals surface area contributed by atoms with Crippen LogP contribution in [0.5, 0.6) is 5.75 Å². The van der Waals surface area contributed by atoms with Crippen LogP contribution >= 0.6 is 0 Å². The lowest BCUT2D eigenvalue weighted by Crippen LogP contribution is -2.30. The van der Waals surface area contributed by atoms with Crippen LogP contribution in [0.2, 0.25) is 0 Å². The van der Waals surface area contributed by atoms with Crippen LogP contribution in [-0.4, -0.2) is 41.1 Å². The quantitative estimate of drug-likeness (QED) is 0.412. The molecule has 0 heterocycles. The number of fused-ring (bicyclic) bond motifs is 3. The summed E-state index contributed by atoms with van der Waals surface area (Å²) >= 11 is 0. The number of rotatable bonds is 10. The molecule has 1 aromatic carbocycles. The predicted molar refractivity (Wildman–Crippen MR) is 123 cm³/mol. The SMILES string of the molecule is CCCCC[C@H](O)CC1CC12[C@H](O)C[C@@H]1Cc3c(cccc3OCC(=O)OC(C)C)C[C@@H]12. The fraction of sp³-hybridized carbons (Fsp3) is 0.741. The zero-order valence-electron chi connectivity index (χ0n) is 19.9. The molecule has 2 fully saturated rings. The number of benzene rings is 1. The number of carbonyl (C=O) groups excluding carboxylic acids is 1. The molecular formula is C27H40O5. The highest BCUT2D eigenvalue weighted by atomic mass is 16.6. The van der Waals surface area contributed by atoms with E-state index in [4.69, 9.17) is 9.47 Å². The molecular weight excluding hydrogens is 404 g/mol. The van der Waals surface area contributed by atoms with Crippen molar-refractivity contribution >= 4 is 5.97 Å². The van der Waals surface area contributed by atoms with Gasteiger partial charge in [-0.3, -0.25) is 0 Å². The Kier molecular flexibility index (Phi) is 7.16. The van der Waals surface area contributed by atoms with Crippen molar-refractivity contribution < 1.29 is 24.5 Å². The van der Waals surface area contributed by atoms with Gasteiger partial charge >= 0.3 is 5.97 Å². The highest BCUT2D eigenvalue weighted by molar-refractivity contribution is 5.71. The van der Waals surface area contributed by atoms with E-state index < -0.39 is 0 Å². The molecule has 0 amide bonds. The van der Waals surface area contributed by atoms with Crippen LogP contribution in [0, 0.1) is 23.2 Å². The minimum atomic E-state index is -0.347. The van der Waals surface area contributed by atoms with E-state index in [2.05, 4.69) is 13.0 Å². The number of ether oxygens (including phenoxy) is 2. The number of aliphatic hydroxyl groups excluding tert-OH is 2. The molecule has 6 atom stereocenters. The fourth-order valence-corrected chi connectivity index (χ4v) is 6.65. The molecule has 0 saturated heterocycles. The second kappa shape index (κ2) is 9.72. The molecule has 0 radical (unpaired) electrons. The van der Waals surface area contributed by atoms with E-state index >= 15 is 0 Å². The molecule has 5 nitrogen and oxygen atoms in total. The second-order valence-corrected chi connectivity index (χ2v) is 10.6. The number of aliphatic hydroxyl groups is 2. The molecule has 4 rings (SSSR count). The molecule has 1 aromatic rings. The van der Waals surface area contributed by atoms with Crippen LogP contribution < -0.4 is 4.74 Å². The van der Waals surface area contributed by atoms with Crippen LogP contribution in [0.4, 0.5) is 0 Å². The Bertz CT molecular complexity index is 805. The molecule has 2 N–H and O–H groups in total. The molecule has 3 aliphatic rings. The first-order valence-electron chi connectivity index (χ1n) is 12.6. The number of hydrogen-bond acceptors (Lipinski definition) is 5. The Hall–Kier alpha value is -1.59. The van der Waals surface area contributed by atoms with E-state index in [0.29, 0.717) is 17.8 Å². The maximum absolute atomic E-state index is 11.9. The van der Waals surface area contributed by atoms with Gasteiger partial charge in [-0.1, -0.05) is 38.3 Å². The first-order valence-corrected chi connectivity index (χ1v) is 12.6. The molecule has 32 heavy (non-hydrogen) atoms. The largest absolute Gasteiger partial charge is 0.482 e. The van der Waals surface area contributed by atoms with Crippen molar-refractivity contribution in [1.82, 2.24) is 0 Å². The fourth-order valence-electron chi connectivity index (χ4n) is 6.65. The average molecular weight is 445 g/mol. The predicted octanol–water partition coefficient (Wildman–Crippen LogP) is 4.45. The van der Waals surface area contributed by atoms with Gasteiger partial charge in [-0.05, 0) is 87.3 Å². The standard InChI is InChI=1S/C27H40O5/c1-4-5-6-9-21(28)14-20-15-27(20)23-12-18-8-7-10-24(31-16-26(30)32-17(2)3)22(18)11-19(23)13-25(27)29/h7-8,10,17,19-21,23,25,28-29H,4-6,9,11-16H2,1-3H3/t19-,20?,21-,23-,25+,27?/m0/s1. The van der Waals surface area contributed by atoms with Crippen LogP contribution in [-0.2, 0) is 22.4 Å². The normalized spacial score (nSPS) is 31.3. The summed E-state index contributed by atoms with van der Waals surface area (Å²) in [4.78, 5) is 11.9. The molecule has 0 aliphatic heterocycles. The highest BCUT2D eigenvalue weighted by Crippen LogP contribution is 2.70. The van der Waals surface area contributed by atoms with Crippen LogP contribution in [0.25, 0.3) is 0 Å². The van der Waals surface area contributed by atoms with Crippen LogP contribution in [0.3, 0.4) is 0 Å². The van der Waals surface area contributed by atoms with E-state index in [1.165, 1.54) is 24.0 Å². The molecule has 1 spiro atoms.